The monoisotopic (exact) mass is 404 g/mol. The zero-order valence-corrected chi connectivity index (χ0v) is 16.2. The Balaban J connectivity index is 1.60. The Morgan fingerprint density at radius 1 is 1.32 bits per heavy atom. The normalized spacial score (nSPS) is 17.9. The van der Waals surface area contributed by atoms with Crippen LogP contribution in [0.15, 0.2) is 30.5 Å². The van der Waals surface area contributed by atoms with Crippen LogP contribution in [0.3, 0.4) is 0 Å². The van der Waals surface area contributed by atoms with Gasteiger partial charge in [0.15, 0.2) is 11.5 Å². The Kier molecular flexibility index (Phi) is 4.98. The molecule has 1 saturated heterocycles. The maximum absolute atomic E-state index is 14.5. The fourth-order valence-corrected chi connectivity index (χ4v) is 4.06. The van der Waals surface area contributed by atoms with Crippen molar-refractivity contribution in [3.8, 4) is 11.4 Å². The highest BCUT2D eigenvalue weighted by Gasteiger charge is 2.23. The summed E-state index contributed by atoms with van der Waals surface area (Å²) >= 11 is 0. The molecule has 0 radical (unpaired) electrons. The predicted molar refractivity (Wildman–Crippen MR) is 105 cm³/mol. The van der Waals surface area contributed by atoms with Crippen molar-refractivity contribution in [3.05, 3.63) is 36.3 Å². The van der Waals surface area contributed by atoms with Crippen LogP contribution in [-0.4, -0.2) is 54.5 Å². The molecule has 0 aromatic carbocycles. The van der Waals surface area contributed by atoms with E-state index in [1.807, 2.05) is 6.07 Å². The SMILES string of the molecule is CS(=O)(=O)NCC1CCCN(c2ccc(F)c(-c3n[nH]c4ncccc34)n2)C1. The molecule has 10 heteroatoms. The van der Waals surface area contributed by atoms with Gasteiger partial charge in [0.05, 0.1) is 6.26 Å². The van der Waals surface area contributed by atoms with E-state index in [0.29, 0.717) is 35.6 Å². The molecule has 0 aliphatic carbocycles. The van der Waals surface area contributed by atoms with Crippen molar-refractivity contribution >= 4 is 26.9 Å². The molecule has 8 nitrogen and oxygen atoms in total. The number of nitrogens with one attached hydrogen (secondary N) is 2. The first-order valence-corrected chi connectivity index (χ1v) is 11.0. The van der Waals surface area contributed by atoms with Crippen LogP contribution in [0.1, 0.15) is 12.8 Å². The maximum atomic E-state index is 14.5. The molecule has 1 fully saturated rings. The maximum Gasteiger partial charge on any atom is 0.208 e. The van der Waals surface area contributed by atoms with E-state index in [9.17, 15) is 12.8 Å². The first kappa shape index (κ1) is 18.8. The molecule has 1 unspecified atom stereocenters. The van der Waals surface area contributed by atoms with Gasteiger partial charge in [0, 0.05) is 31.2 Å². The van der Waals surface area contributed by atoms with Crippen molar-refractivity contribution < 1.29 is 12.8 Å². The number of aromatic amines is 1. The third-order valence-electron chi connectivity index (χ3n) is 4.87. The highest BCUT2D eigenvalue weighted by molar-refractivity contribution is 7.88. The molecule has 4 rings (SSSR count). The van der Waals surface area contributed by atoms with E-state index >= 15 is 0 Å². The van der Waals surface area contributed by atoms with Crippen LogP contribution in [0.2, 0.25) is 0 Å². The van der Waals surface area contributed by atoms with Gasteiger partial charge in [-0.05, 0) is 43.0 Å². The summed E-state index contributed by atoms with van der Waals surface area (Å²) in [4.78, 5) is 10.8. The van der Waals surface area contributed by atoms with Crippen molar-refractivity contribution in [3.63, 3.8) is 0 Å². The largest absolute Gasteiger partial charge is 0.356 e. The lowest BCUT2D eigenvalue weighted by Gasteiger charge is -2.33. The summed E-state index contributed by atoms with van der Waals surface area (Å²) in [6.45, 7) is 1.83. The van der Waals surface area contributed by atoms with Gasteiger partial charge >= 0.3 is 0 Å². The number of rotatable bonds is 5. The Bertz CT molecular complexity index is 1100. The van der Waals surface area contributed by atoms with E-state index < -0.39 is 15.8 Å². The highest BCUT2D eigenvalue weighted by atomic mass is 32.2. The Labute approximate surface area is 162 Å². The van der Waals surface area contributed by atoms with Crippen molar-refractivity contribution in [1.82, 2.24) is 24.9 Å². The van der Waals surface area contributed by atoms with Gasteiger partial charge in [0.2, 0.25) is 10.0 Å². The van der Waals surface area contributed by atoms with Gasteiger partial charge in [0.25, 0.3) is 0 Å². The fourth-order valence-electron chi connectivity index (χ4n) is 3.52. The number of pyridine rings is 2. The van der Waals surface area contributed by atoms with Gasteiger partial charge in [-0.15, -0.1) is 0 Å². The third-order valence-corrected chi connectivity index (χ3v) is 5.56. The number of sulfonamides is 1. The van der Waals surface area contributed by atoms with Gasteiger partial charge in [0.1, 0.15) is 17.2 Å². The lowest BCUT2D eigenvalue weighted by molar-refractivity contribution is 0.409. The lowest BCUT2D eigenvalue weighted by atomic mass is 9.98. The molecule has 3 aromatic heterocycles. The molecule has 0 saturated carbocycles. The summed E-state index contributed by atoms with van der Waals surface area (Å²) in [6, 6.07) is 6.64. The van der Waals surface area contributed by atoms with E-state index in [4.69, 9.17) is 0 Å². The lowest BCUT2D eigenvalue weighted by Crippen LogP contribution is -2.41. The van der Waals surface area contributed by atoms with Gasteiger partial charge in [-0.3, -0.25) is 5.10 Å². The molecule has 1 atom stereocenters. The quantitative estimate of drug-likeness (QED) is 0.673. The molecule has 1 aliphatic rings. The molecule has 4 heterocycles. The van der Waals surface area contributed by atoms with Crippen LogP contribution in [0.25, 0.3) is 22.4 Å². The number of hydrogen-bond donors (Lipinski definition) is 2. The third kappa shape index (κ3) is 3.97. The van der Waals surface area contributed by atoms with E-state index in [0.717, 1.165) is 25.6 Å². The Morgan fingerprint density at radius 2 is 2.18 bits per heavy atom. The highest BCUT2D eigenvalue weighted by Crippen LogP contribution is 2.29. The average molecular weight is 404 g/mol. The molecule has 28 heavy (non-hydrogen) atoms. The molecule has 3 aromatic rings. The van der Waals surface area contributed by atoms with Gasteiger partial charge in [-0.2, -0.15) is 5.10 Å². The predicted octanol–water partition coefficient (Wildman–Crippen LogP) is 1.92. The standard InChI is InChI=1S/C18H21FN6O2S/c1-28(26,27)21-10-12-4-3-9-25(11-12)15-7-6-14(19)17(22-15)16-13-5-2-8-20-18(13)24-23-16/h2,5-8,12,21H,3-4,9-11H2,1H3,(H,20,23,24). The number of nitrogens with zero attached hydrogens (tertiary/aromatic N) is 4. The molecule has 1 aliphatic heterocycles. The summed E-state index contributed by atoms with van der Waals surface area (Å²) in [5, 5.41) is 7.71. The first-order chi connectivity index (χ1) is 13.4. The van der Waals surface area contributed by atoms with Crippen LogP contribution >= 0.6 is 0 Å². The summed E-state index contributed by atoms with van der Waals surface area (Å²) in [5.74, 6) is 0.378. The van der Waals surface area contributed by atoms with Crippen molar-refractivity contribution in [1.29, 1.82) is 0 Å². The Morgan fingerprint density at radius 3 is 3.00 bits per heavy atom. The zero-order valence-electron chi connectivity index (χ0n) is 15.4. The number of aromatic nitrogens is 4. The van der Waals surface area contributed by atoms with Crippen LogP contribution in [0.4, 0.5) is 10.2 Å². The summed E-state index contributed by atoms with van der Waals surface area (Å²) in [7, 11) is -3.22. The summed E-state index contributed by atoms with van der Waals surface area (Å²) in [5.41, 5.74) is 1.18. The van der Waals surface area contributed by atoms with Crippen LogP contribution in [0, 0.1) is 11.7 Å². The molecule has 0 spiro atoms. The minimum Gasteiger partial charge on any atom is -0.356 e. The van der Waals surface area contributed by atoms with Crippen molar-refractivity contribution in [2.24, 2.45) is 5.92 Å². The smallest absolute Gasteiger partial charge is 0.208 e. The molecule has 2 N–H and O–H groups in total. The zero-order chi connectivity index (χ0) is 19.7. The average Bonchev–Trinajstić information content (AvgIpc) is 3.10. The number of anilines is 1. The van der Waals surface area contributed by atoms with E-state index in [2.05, 4.69) is 29.8 Å². The molecule has 0 bridgehead atoms. The molecular formula is C18H21FN6O2S. The number of halogens is 1. The van der Waals surface area contributed by atoms with Crippen LogP contribution in [0.5, 0.6) is 0 Å². The molecular weight excluding hydrogens is 383 g/mol. The second-order valence-corrected chi connectivity index (χ2v) is 8.88. The van der Waals surface area contributed by atoms with Gasteiger partial charge in [-0.25, -0.2) is 27.5 Å². The fraction of sp³-hybridized carbons (Fsp3) is 0.389. The van der Waals surface area contributed by atoms with Crippen molar-refractivity contribution in [2.75, 3.05) is 30.8 Å². The minimum absolute atomic E-state index is 0.174. The van der Waals surface area contributed by atoms with Gasteiger partial charge < -0.3 is 4.90 Å². The van der Waals surface area contributed by atoms with Crippen molar-refractivity contribution in [2.45, 2.75) is 12.8 Å². The van der Waals surface area contributed by atoms with E-state index in [-0.39, 0.29) is 11.6 Å². The summed E-state index contributed by atoms with van der Waals surface area (Å²) in [6.07, 6.45) is 4.65. The van der Waals surface area contributed by atoms with E-state index in [1.54, 1.807) is 18.3 Å². The van der Waals surface area contributed by atoms with Crippen LogP contribution < -0.4 is 9.62 Å². The van der Waals surface area contributed by atoms with E-state index in [1.165, 1.54) is 6.07 Å². The number of H-pyrrole nitrogens is 1. The minimum atomic E-state index is -3.22. The number of piperidine rings is 1. The number of hydrogen-bond acceptors (Lipinski definition) is 6. The first-order valence-electron chi connectivity index (χ1n) is 9.06. The summed E-state index contributed by atoms with van der Waals surface area (Å²) < 4.78 is 39.8. The second-order valence-electron chi connectivity index (χ2n) is 7.05. The second kappa shape index (κ2) is 7.44. The Hall–Kier alpha value is -2.59. The van der Waals surface area contributed by atoms with Gasteiger partial charge in [-0.1, -0.05) is 0 Å². The molecule has 148 valence electrons. The van der Waals surface area contributed by atoms with Crippen LogP contribution in [-0.2, 0) is 10.0 Å². The topological polar surface area (TPSA) is 104 Å². The molecule has 0 amide bonds. The number of fused-ring (bicyclic) bond motifs is 1.